The minimum Gasteiger partial charge on any atom is -0.360 e. The van der Waals surface area contributed by atoms with Gasteiger partial charge in [0.2, 0.25) is 0 Å². The van der Waals surface area contributed by atoms with Gasteiger partial charge in [0.05, 0.1) is 10.2 Å². The van der Waals surface area contributed by atoms with E-state index in [1.165, 1.54) is 0 Å². The molecule has 1 fully saturated rings. The van der Waals surface area contributed by atoms with Crippen molar-refractivity contribution in [3.63, 3.8) is 0 Å². The summed E-state index contributed by atoms with van der Waals surface area (Å²) in [4.78, 5) is 0. The quantitative estimate of drug-likeness (QED) is 0.648. The van der Waals surface area contributed by atoms with Gasteiger partial charge in [-0.05, 0) is 47.1 Å². The molecule has 0 amide bonds. The normalized spacial score (nSPS) is 14.7. The maximum Gasteiger partial charge on any atom is 0.171 e. The fourth-order valence-electron chi connectivity index (χ4n) is 1.19. The molecule has 2 N–H and O–H groups in total. The van der Waals surface area contributed by atoms with Crippen LogP contribution >= 0.6 is 28.1 Å². The van der Waals surface area contributed by atoms with Crippen LogP contribution in [-0.4, -0.2) is 11.2 Å². The molecule has 0 spiro atoms. The minimum atomic E-state index is -0.548. The van der Waals surface area contributed by atoms with Crippen LogP contribution in [0.2, 0.25) is 0 Å². The van der Waals surface area contributed by atoms with Crippen LogP contribution in [0.25, 0.3) is 0 Å². The second-order valence-electron chi connectivity index (χ2n) is 3.62. The zero-order chi connectivity index (χ0) is 11.7. The summed E-state index contributed by atoms with van der Waals surface area (Å²) in [5.41, 5.74) is 0.0406. The van der Waals surface area contributed by atoms with Crippen LogP contribution in [0.15, 0.2) is 16.6 Å². The average molecular weight is 307 g/mol. The molecule has 2 rings (SSSR count). The van der Waals surface area contributed by atoms with Crippen molar-refractivity contribution in [1.82, 2.24) is 5.32 Å². The van der Waals surface area contributed by atoms with Crippen molar-refractivity contribution < 1.29 is 8.78 Å². The first kappa shape index (κ1) is 11.7. The average Bonchev–Trinajstić information content (AvgIpc) is 2.98. The lowest BCUT2D eigenvalue weighted by atomic mass is 10.3. The van der Waals surface area contributed by atoms with Gasteiger partial charge in [-0.1, -0.05) is 0 Å². The predicted molar refractivity (Wildman–Crippen MR) is 66.4 cm³/mol. The summed E-state index contributed by atoms with van der Waals surface area (Å²) >= 11 is 7.87. The highest BCUT2D eigenvalue weighted by atomic mass is 79.9. The van der Waals surface area contributed by atoms with Crippen molar-refractivity contribution in [2.45, 2.75) is 18.9 Å². The molecule has 1 aliphatic rings. The number of hydrogen-bond acceptors (Lipinski definition) is 1. The number of thiocarbonyl (C=S) groups is 1. The van der Waals surface area contributed by atoms with Gasteiger partial charge >= 0.3 is 0 Å². The number of anilines is 1. The molecule has 16 heavy (non-hydrogen) atoms. The van der Waals surface area contributed by atoms with Gasteiger partial charge in [-0.15, -0.1) is 0 Å². The summed E-state index contributed by atoms with van der Waals surface area (Å²) in [5.74, 6) is -1.08. The fourth-order valence-corrected chi connectivity index (χ4v) is 1.78. The van der Waals surface area contributed by atoms with E-state index in [2.05, 4.69) is 26.6 Å². The fraction of sp³-hybridized carbons (Fsp3) is 0.300. The lowest BCUT2D eigenvalue weighted by molar-refractivity contribution is 0.598. The predicted octanol–water partition coefficient (Wildman–Crippen LogP) is 3.18. The number of benzene rings is 1. The molecule has 0 atom stereocenters. The van der Waals surface area contributed by atoms with E-state index in [0.717, 1.165) is 25.0 Å². The van der Waals surface area contributed by atoms with Crippen molar-refractivity contribution in [2.24, 2.45) is 0 Å². The number of rotatable bonds is 2. The van der Waals surface area contributed by atoms with Crippen molar-refractivity contribution >= 4 is 38.9 Å². The lowest BCUT2D eigenvalue weighted by Gasteiger charge is -2.10. The zero-order valence-corrected chi connectivity index (χ0v) is 10.6. The van der Waals surface area contributed by atoms with Gasteiger partial charge < -0.3 is 10.6 Å². The summed E-state index contributed by atoms with van der Waals surface area (Å²) in [6, 6.07) is 2.51. The second-order valence-corrected chi connectivity index (χ2v) is 4.88. The van der Waals surface area contributed by atoms with E-state index in [1.807, 2.05) is 0 Å². The Kier molecular flexibility index (Phi) is 3.39. The highest BCUT2D eigenvalue weighted by Gasteiger charge is 2.22. The third-order valence-corrected chi connectivity index (χ3v) is 3.00. The summed E-state index contributed by atoms with van der Waals surface area (Å²) < 4.78 is 26.7. The summed E-state index contributed by atoms with van der Waals surface area (Å²) in [6.07, 6.45) is 2.14. The molecule has 1 aromatic rings. The van der Waals surface area contributed by atoms with Gasteiger partial charge in [0, 0.05) is 12.1 Å². The third-order valence-electron chi connectivity index (χ3n) is 2.17. The first-order valence-corrected chi connectivity index (χ1v) is 5.98. The molecular formula is C10H9BrF2N2S. The first-order chi connectivity index (χ1) is 7.56. The number of halogens is 3. The van der Waals surface area contributed by atoms with Crippen LogP contribution in [0.3, 0.4) is 0 Å². The minimum absolute atomic E-state index is 0.0406. The molecule has 0 unspecified atom stereocenters. The smallest absolute Gasteiger partial charge is 0.171 e. The van der Waals surface area contributed by atoms with Crippen molar-refractivity contribution in [2.75, 3.05) is 5.32 Å². The Bertz CT molecular complexity index is 435. The standard InChI is InChI=1S/C10H9BrF2N2S/c11-6-3-8(13)9(4-7(6)12)15-10(16)14-5-1-2-5/h3-5H,1-2H2,(H2,14,15,16). The molecule has 0 saturated heterocycles. The maximum absolute atomic E-state index is 13.4. The monoisotopic (exact) mass is 306 g/mol. The van der Waals surface area contributed by atoms with Gasteiger partial charge in [0.25, 0.3) is 0 Å². The Hall–Kier alpha value is -0.750. The van der Waals surface area contributed by atoms with E-state index in [9.17, 15) is 8.78 Å². The molecule has 6 heteroatoms. The Morgan fingerprint density at radius 3 is 2.62 bits per heavy atom. The van der Waals surface area contributed by atoms with Crippen molar-refractivity contribution in [1.29, 1.82) is 0 Å². The first-order valence-electron chi connectivity index (χ1n) is 4.78. The SMILES string of the molecule is Fc1cc(NC(=S)NC2CC2)c(F)cc1Br. The molecule has 1 aromatic carbocycles. The van der Waals surface area contributed by atoms with E-state index in [1.54, 1.807) is 0 Å². The zero-order valence-electron chi connectivity index (χ0n) is 8.19. The molecule has 0 aliphatic heterocycles. The van der Waals surface area contributed by atoms with Crippen LogP contribution in [0.5, 0.6) is 0 Å². The Labute approximate surface area is 106 Å². The number of nitrogens with one attached hydrogen (secondary N) is 2. The third kappa shape index (κ3) is 2.89. The topological polar surface area (TPSA) is 24.1 Å². The van der Waals surface area contributed by atoms with Crippen molar-refractivity contribution in [3.05, 3.63) is 28.2 Å². The number of hydrogen-bond donors (Lipinski definition) is 2. The van der Waals surface area contributed by atoms with E-state index in [4.69, 9.17) is 12.2 Å². The molecular weight excluding hydrogens is 298 g/mol. The largest absolute Gasteiger partial charge is 0.360 e. The molecule has 1 saturated carbocycles. The van der Waals surface area contributed by atoms with Crippen LogP contribution in [-0.2, 0) is 0 Å². The Morgan fingerprint density at radius 1 is 1.31 bits per heavy atom. The Morgan fingerprint density at radius 2 is 2.00 bits per heavy atom. The summed E-state index contributed by atoms with van der Waals surface area (Å²) in [6.45, 7) is 0. The van der Waals surface area contributed by atoms with E-state index < -0.39 is 11.6 Å². The van der Waals surface area contributed by atoms with Gasteiger partial charge in [-0.2, -0.15) is 0 Å². The van der Waals surface area contributed by atoms with E-state index in [-0.39, 0.29) is 10.2 Å². The van der Waals surface area contributed by atoms with Crippen LogP contribution in [0.4, 0.5) is 14.5 Å². The van der Waals surface area contributed by atoms with Crippen LogP contribution in [0.1, 0.15) is 12.8 Å². The van der Waals surface area contributed by atoms with E-state index in [0.29, 0.717) is 11.2 Å². The molecule has 0 bridgehead atoms. The summed E-state index contributed by atoms with van der Waals surface area (Å²) in [7, 11) is 0. The highest BCUT2D eigenvalue weighted by Crippen LogP contribution is 2.24. The van der Waals surface area contributed by atoms with Gasteiger partial charge in [-0.3, -0.25) is 0 Å². The van der Waals surface area contributed by atoms with Gasteiger partial charge in [0.1, 0.15) is 11.6 Å². The molecule has 2 nitrogen and oxygen atoms in total. The molecule has 0 aromatic heterocycles. The van der Waals surface area contributed by atoms with Gasteiger partial charge in [-0.25, -0.2) is 8.78 Å². The maximum atomic E-state index is 13.4. The van der Waals surface area contributed by atoms with Crippen LogP contribution in [0, 0.1) is 11.6 Å². The molecule has 0 radical (unpaired) electrons. The molecule has 0 heterocycles. The summed E-state index contributed by atoms with van der Waals surface area (Å²) in [5, 5.41) is 5.94. The Balaban J connectivity index is 2.07. The molecule has 86 valence electrons. The second kappa shape index (κ2) is 4.63. The van der Waals surface area contributed by atoms with E-state index >= 15 is 0 Å². The van der Waals surface area contributed by atoms with Crippen molar-refractivity contribution in [3.8, 4) is 0 Å². The lowest BCUT2D eigenvalue weighted by Crippen LogP contribution is -2.30. The van der Waals surface area contributed by atoms with Gasteiger partial charge in [0.15, 0.2) is 5.11 Å². The highest BCUT2D eigenvalue weighted by molar-refractivity contribution is 9.10. The van der Waals surface area contributed by atoms with Crippen LogP contribution < -0.4 is 10.6 Å². The molecule has 1 aliphatic carbocycles.